The molecule has 1 saturated heterocycles. The Kier molecular flexibility index (Phi) is 4.59. The summed E-state index contributed by atoms with van der Waals surface area (Å²) in [6, 6.07) is 7.97. The number of ether oxygens (including phenoxy) is 1. The molecule has 1 aliphatic rings. The molecule has 110 valence electrons. The van der Waals surface area contributed by atoms with Crippen molar-refractivity contribution in [2.24, 2.45) is 0 Å². The van der Waals surface area contributed by atoms with Gasteiger partial charge in [-0.3, -0.25) is 0 Å². The molecule has 0 aliphatic carbocycles. The van der Waals surface area contributed by atoms with Gasteiger partial charge in [0.1, 0.15) is 5.60 Å². The zero-order chi connectivity index (χ0) is 14.8. The van der Waals surface area contributed by atoms with Crippen LogP contribution in [0.2, 0.25) is 5.02 Å². The van der Waals surface area contributed by atoms with Crippen molar-refractivity contribution >= 4 is 17.7 Å². The van der Waals surface area contributed by atoms with Crippen molar-refractivity contribution in [1.82, 2.24) is 4.90 Å². The van der Waals surface area contributed by atoms with Crippen LogP contribution < -0.4 is 0 Å². The molecule has 1 aromatic rings. The molecular formula is C16H22ClNO2. The van der Waals surface area contributed by atoms with Crippen LogP contribution in [0.25, 0.3) is 0 Å². The van der Waals surface area contributed by atoms with Crippen LogP contribution in [0.5, 0.6) is 0 Å². The predicted octanol–water partition coefficient (Wildman–Crippen LogP) is 4.45. The molecule has 1 amide bonds. The molecule has 0 saturated carbocycles. The van der Waals surface area contributed by atoms with Gasteiger partial charge in [-0.15, -0.1) is 0 Å². The number of carbonyl (C=O) groups is 1. The Hall–Kier alpha value is -1.22. The third-order valence-electron chi connectivity index (χ3n) is 3.49. The molecule has 0 radical (unpaired) electrons. The summed E-state index contributed by atoms with van der Waals surface area (Å²) in [7, 11) is 0. The molecular weight excluding hydrogens is 274 g/mol. The van der Waals surface area contributed by atoms with E-state index in [0.29, 0.717) is 5.92 Å². The van der Waals surface area contributed by atoms with Crippen molar-refractivity contribution in [3.05, 3.63) is 34.9 Å². The Morgan fingerprint density at radius 3 is 2.40 bits per heavy atom. The van der Waals surface area contributed by atoms with Crippen LogP contribution in [0.4, 0.5) is 4.79 Å². The van der Waals surface area contributed by atoms with Gasteiger partial charge >= 0.3 is 6.09 Å². The van der Waals surface area contributed by atoms with Crippen LogP contribution in [0, 0.1) is 0 Å². The molecule has 0 atom stereocenters. The lowest BCUT2D eigenvalue weighted by Crippen LogP contribution is -2.41. The Bertz CT molecular complexity index is 474. The number of carbonyl (C=O) groups excluding carboxylic acids is 1. The molecule has 0 bridgehead atoms. The van der Waals surface area contributed by atoms with Crippen LogP contribution in [0.15, 0.2) is 24.3 Å². The van der Waals surface area contributed by atoms with E-state index in [0.717, 1.165) is 31.0 Å². The van der Waals surface area contributed by atoms with Crippen molar-refractivity contribution in [2.45, 2.75) is 45.1 Å². The summed E-state index contributed by atoms with van der Waals surface area (Å²) in [4.78, 5) is 13.8. The van der Waals surface area contributed by atoms with Gasteiger partial charge in [0, 0.05) is 18.1 Å². The maximum atomic E-state index is 12.0. The third kappa shape index (κ3) is 3.89. The van der Waals surface area contributed by atoms with Gasteiger partial charge in [0.25, 0.3) is 0 Å². The van der Waals surface area contributed by atoms with Gasteiger partial charge in [-0.1, -0.05) is 29.8 Å². The summed E-state index contributed by atoms with van der Waals surface area (Å²) >= 11 is 6.24. The largest absolute Gasteiger partial charge is 0.444 e. The number of likely N-dealkylation sites (tertiary alicyclic amines) is 1. The Morgan fingerprint density at radius 1 is 1.25 bits per heavy atom. The van der Waals surface area contributed by atoms with Gasteiger partial charge in [0.05, 0.1) is 0 Å². The lowest BCUT2D eigenvalue weighted by Gasteiger charge is -2.33. The molecule has 1 heterocycles. The maximum absolute atomic E-state index is 12.0. The van der Waals surface area contributed by atoms with Crippen molar-refractivity contribution in [3.63, 3.8) is 0 Å². The summed E-state index contributed by atoms with van der Waals surface area (Å²) in [6.45, 7) is 7.12. The highest BCUT2D eigenvalue weighted by Crippen LogP contribution is 2.32. The number of rotatable bonds is 1. The molecule has 0 aromatic heterocycles. The minimum Gasteiger partial charge on any atom is -0.444 e. The summed E-state index contributed by atoms with van der Waals surface area (Å²) in [5, 5.41) is 0.822. The van der Waals surface area contributed by atoms with E-state index < -0.39 is 5.60 Å². The van der Waals surface area contributed by atoms with E-state index >= 15 is 0 Å². The monoisotopic (exact) mass is 295 g/mol. The van der Waals surface area contributed by atoms with Crippen LogP contribution in [0.3, 0.4) is 0 Å². The summed E-state index contributed by atoms with van der Waals surface area (Å²) in [5.41, 5.74) is 0.759. The Labute approximate surface area is 125 Å². The minimum atomic E-state index is -0.434. The second kappa shape index (κ2) is 6.04. The number of benzene rings is 1. The maximum Gasteiger partial charge on any atom is 0.410 e. The fourth-order valence-corrected chi connectivity index (χ4v) is 2.80. The van der Waals surface area contributed by atoms with Crippen LogP contribution in [-0.2, 0) is 4.74 Å². The lowest BCUT2D eigenvalue weighted by molar-refractivity contribution is 0.0205. The van der Waals surface area contributed by atoms with Crippen molar-refractivity contribution in [3.8, 4) is 0 Å². The number of nitrogens with zero attached hydrogens (tertiary/aromatic N) is 1. The zero-order valence-electron chi connectivity index (χ0n) is 12.4. The van der Waals surface area contributed by atoms with E-state index in [9.17, 15) is 4.79 Å². The molecule has 1 aromatic carbocycles. The smallest absolute Gasteiger partial charge is 0.410 e. The Morgan fingerprint density at radius 2 is 1.85 bits per heavy atom. The van der Waals surface area contributed by atoms with E-state index in [1.165, 1.54) is 5.56 Å². The average molecular weight is 296 g/mol. The summed E-state index contributed by atoms with van der Waals surface area (Å²) in [6.07, 6.45) is 1.65. The fourth-order valence-electron chi connectivity index (χ4n) is 2.51. The van der Waals surface area contributed by atoms with E-state index in [1.807, 2.05) is 39.0 Å². The van der Waals surface area contributed by atoms with Crippen molar-refractivity contribution < 1.29 is 9.53 Å². The second-order valence-corrected chi connectivity index (χ2v) is 6.67. The van der Waals surface area contributed by atoms with Crippen molar-refractivity contribution in [2.75, 3.05) is 13.1 Å². The van der Waals surface area contributed by atoms with E-state index in [1.54, 1.807) is 4.90 Å². The highest BCUT2D eigenvalue weighted by atomic mass is 35.5. The molecule has 2 rings (SSSR count). The zero-order valence-corrected chi connectivity index (χ0v) is 13.1. The van der Waals surface area contributed by atoms with E-state index in [-0.39, 0.29) is 6.09 Å². The predicted molar refractivity (Wildman–Crippen MR) is 81.2 cm³/mol. The van der Waals surface area contributed by atoms with E-state index in [2.05, 4.69) is 6.07 Å². The number of piperidine rings is 1. The van der Waals surface area contributed by atoms with E-state index in [4.69, 9.17) is 16.3 Å². The minimum absolute atomic E-state index is 0.213. The molecule has 0 unspecified atom stereocenters. The summed E-state index contributed by atoms with van der Waals surface area (Å²) in [5.74, 6) is 0.433. The summed E-state index contributed by atoms with van der Waals surface area (Å²) < 4.78 is 5.40. The average Bonchev–Trinajstić information content (AvgIpc) is 2.37. The Balaban J connectivity index is 1.93. The molecule has 1 aliphatic heterocycles. The first-order valence-corrected chi connectivity index (χ1v) is 7.47. The topological polar surface area (TPSA) is 29.5 Å². The standard InChI is InChI=1S/C16H22ClNO2/c1-16(2,3)20-15(19)18-10-8-12(9-11-18)13-6-4-5-7-14(13)17/h4-7,12H,8-11H2,1-3H3. The van der Waals surface area contributed by atoms with Gasteiger partial charge in [0.15, 0.2) is 0 Å². The number of hydrogen-bond donors (Lipinski definition) is 0. The quantitative estimate of drug-likeness (QED) is 0.766. The SMILES string of the molecule is CC(C)(C)OC(=O)N1CCC(c2ccccc2Cl)CC1. The van der Waals surface area contributed by atoms with Crippen LogP contribution >= 0.6 is 11.6 Å². The number of hydrogen-bond acceptors (Lipinski definition) is 2. The second-order valence-electron chi connectivity index (χ2n) is 6.26. The molecule has 4 heteroatoms. The molecule has 1 fully saturated rings. The van der Waals surface area contributed by atoms with Gasteiger partial charge in [0.2, 0.25) is 0 Å². The number of halogens is 1. The van der Waals surface area contributed by atoms with Crippen LogP contribution in [0.1, 0.15) is 45.1 Å². The first-order valence-electron chi connectivity index (χ1n) is 7.09. The molecule has 0 spiro atoms. The van der Waals surface area contributed by atoms with Crippen molar-refractivity contribution in [1.29, 1.82) is 0 Å². The van der Waals surface area contributed by atoms with Crippen LogP contribution in [-0.4, -0.2) is 29.7 Å². The molecule has 0 N–H and O–H groups in total. The third-order valence-corrected chi connectivity index (χ3v) is 3.84. The normalized spacial score (nSPS) is 17.1. The highest BCUT2D eigenvalue weighted by molar-refractivity contribution is 6.31. The molecule has 20 heavy (non-hydrogen) atoms. The van der Waals surface area contributed by atoms with Gasteiger partial charge < -0.3 is 9.64 Å². The lowest BCUT2D eigenvalue weighted by atomic mass is 9.89. The van der Waals surface area contributed by atoms with Gasteiger partial charge in [-0.05, 0) is 51.2 Å². The molecule has 3 nitrogen and oxygen atoms in total. The number of amides is 1. The fraction of sp³-hybridized carbons (Fsp3) is 0.562. The van der Waals surface area contributed by atoms with Gasteiger partial charge in [-0.2, -0.15) is 0 Å². The van der Waals surface area contributed by atoms with Gasteiger partial charge in [-0.25, -0.2) is 4.79 Å². The first kappa shape index (κ1) is 15.2. The first-order chi connectivity index (χ1) is 9.37. The highest BCUT2D eigenvalue weighted by Gasteiger charge is 2.28.